The van der Waals surface area contributed by atoms with E-state index < -0.39 is 18.0 Å². The van der Waals surface area contributed by atoms with Crippen LogP contribution in [-0.4, -0.2) is 79.4 Å². The first-order valence-electron chi connectivity index (χ1n) is 15.3. The number of amides is 4. The molecule has 2 heterocycles. The molecule has 4 amide bonds. The van der Waals surface area contributed by atoms with Gasteiger partial charge in [0.05, 0.1) is 11.6 Å². The molecule has 4 N–H and O–H groups in total. The van der Waals surface area contributed by atoms with Crippen LogP contribution in [0.25, 0.3) is 0 Å². The van der Waals surface area contributed by atoms with E-state index in [0.29, 0.717) is 24.3 Å². The normalized spacial score (nSPS) is 23.1. The SMILES string of the molecule is CC(C)C[C@@H]1COc2ccccc2C(=O)N[C@H](C(=O)NCCCCN2CCCC2)CCC(=O)N[C@@H](C(C)C)C(=O)N1. The molecule has 3 rings (SSSR count). The second-order valence-electron chi connectivity index (χ2n) is 12.0. The van der Waals surface area contributed by atoms with Crippen molar-refractivity contribution in [2.75, 3.05) is 32.8 Å². The molecule has 0 radical (unpaired) electrons. The topological polar surface area (TPSA) is 129 Å². The number of rotatable bonds is 9. The van der Waals surface area contributed by atoms with Gasteiger partial charge in [0.1, 0.15) is 24.4 Å². The van der Waals surface area contributed by atoms with Crippen LogP contribution in [0.3, 0.4) is 0 Å². The van der Waals surface area contributed by atoms with E-state index in [1.54, 1.807) is 24.3 Å². The van der Waals surface area contributed by atoms with Gasteiger partial charge in [-0.1, -0.05) is 39.8 Å². The van der Waals surface area contributed by atoms with Gasteiger partial charge >= 0.3 is 0 Å². The fraction of sp³-hybridized carbons (Fsp3) is 0.677. The summed E-state index contributed by atoms with van der Waals surface area (Å²) in [5.41, 5.74) is 0.296. The molecule has 41 heavy (non-hydrogen) atoms. The average Bonchev–Trinajstić information content (AvgIpc) is 3.45. The molecule has 10 nitrogen and oxygen atoms in total. The molecular weight excluding hydrogens is 522 g/mol. The summed E-state index contributed by atoms with van der Waals surface area (Å²) in [6.45, 7) is 11.8. The van der Waals surface area contributed by atoms with Crippen LogP contribution >= 0.6 is 0 Å². The zero-order valence-electron chi connectivity index (χ0n) is 25.2. The van der Waals surface area contributed by atoms with E-state index in [-0.39, 0.29) is 55.0 Å². The summed E-state index contributed by atoms with van der Waals surface area (Å²) >= 11 is 0. The number of carbonyl (C=O) groups is 4. The Balaban J connectivity index is 1.75. The highest BCUT2D eigenvalue weighted by Gasteiger charge is 2.29. The lowest BCUT2D eigenvalue weighted by atomic mass is 10.00. The van der Waals surface area contributed by atoms with Crippen molar-refractivity contribution in [3.05, 3.63) is 29.8 Å². The number of benzene rings is 1. The summed E-state index contributed by atoms with van der Waals surface area (Å²) in [5.74, 6) is -0.878. The quantitative estimate of drug-likeness (QED) is 0.338. The minimum Gasteiger partial charge on any atom is -0.491 e. The van der Waals surface area contributed by atoms with Crippen molar-refractivity contribution in [1.29, 1.82) is 0 Å². The first-order valence-corrected chi connectivity index (χ1v) is 15.3. The summed E-state index contributed by atoms with van der Waals surface area (Å²) in [4.78, 5) is 55.2. The van der Waals surface area contributed by atoms with Gasteiger partial charge in [-0.05, 0) is 82.1 Å². The Hall–Kier alpha value is -3.14. The third-order valence-electron chi connectivity index (χ3n) is 7.62. The predicted molar refractivity (Wildman–Crippen MR) is 158 cm³/mol. The number of nitrogens with one attached hydrogen (secondary N) is 4. The lowest BCUT2D eigenvalue weighted by Crippen LogP contribution is -2.53. The van der Waals surface area contributed by atoms with E-state index in [9.17, 15) is 19.2 Å². The molecule has 2 aliphatic heterocycles. The number of hydrogen-bond acceptors (Lipinski definition) is 6. The van der Waals surface area contributed by atoms with Crippen LogP contribution < -0.4 is 26.0 Å². The average molecular weight is 572 g/mol. The van der Waals surface area contributed by atoms with Crippen LogP contribution in [0.2, 0.25) is 0 Å². The van der Waals surface area contributed by atoms with Crippen molar-refractivity contribution in [2.45, 2.75) is 90.8 Å². The van der Waals surface area contributed by atoms with E-state index in [1.165, 1.54) is 12.8 Å². The molecule has 10 heteroatoms. The third-order valence-corrected chi connectivity index (χ3v) is 7.62. The van der Waals surface area contributed by atoms with Gasteiger partial charge in [-0.15, -0.1) is 0 Å². The summed E-state index contributed by atoms with van der Waals surface area (Å²) in [7, 11) is 0. The van der Waals surface area contributed by atoms with Crippen molar-refractivity contribution in [1.82, 2.24) is 26.2 Å². The number of ether oxygens (including phenoxy) is 1. The Kier molecular flexibility index (Phi) is 12.9. The van der Waals surface area contributed by atoms with E-state index >= 15 is 0 Å². The maximum absolute atomic E-state index is 13.4. The Morgan fingerprint density at radius 2 is 1.76 bits per heavy atom. The van der Waals surface area contributed by atoms with Crippen LogP contribution in [0.4, 0.5) is 0 Å². The molecule has 228 valence electrons. The maximum Gasteiger partial charge on any atom is 0.255 e. The number of carbonyl (C=O) groups excluding carboxylic acids is 4. The summed E-state index contributed by atoms with van der Waals surface area (Å²) < 4.78 is 6.08. The van der Waals surface area contributed by atoms with Gasteiger partial charge in [-0.2, -0.15) is 0 Å². The first-order chi connectivity index (χ1) is 19.6. The highest BCUT2D eigenvalue weighted by molar-refractivity contribution is 5.99. The molecular formula is C31H49N5O5. The minimum atomic E-state index is -0.912. The van der Waals surface area contributed by atoms with Crippen molar-refractivity contribution >= 4 is 23.6 Å². The van der Waals surface area contributed by atoms with Gasteiger partial charge in [-0.3, -0.25) is 19.2 Å². The molecule has 0 aromatic heterocycles. The van der Waals surface area contributed by atoms with E-state index in [2.05, 4.69) is 40.0 Å². The lowest BCUT2D eigenvalue weighted by Gasteiger charge is -2.26. The predicted octanol–water partition coefficient (Wildman–Crippen LogP) is 2.62. The molecule has 0 bridgehead atoms. The molecule has 0 saturated carbocycles. The first kappa shape index (κ1) is 32.4. The van der Waals surface area contributed by atoms with Crippen molar-refractivity contribution in [3.63, 3.8) is 0 Å². The second kappa shape index (κ2) is 16.3. The van der Waals surface area contributed by atoms with Gasteiger partial charge in [0.25, 0.3) is 5.91 Å². The largest absolute Gasteiger partial charge is 0.491 e. The van der Waals surface area contributed by atoms with Gasteiger partial charge < -0.3 is 30.9 Å². The summed E-state index contributed by atoms with van der Waals surface area (Å²) in [5, 5.41) is 11.7. The smallest absolute Gasteiger partial charge is 0.255 e. The number of fused-ring (bicyclic) bond motifs is 1. The maximum atomic E-state index is 13.4. The number of unbranched alkanes of at least 4 members (excludes halogenated alkanes) is 1. The fourth-order valence-electron chi connectivity index (χ4n) is 5.36. The van der Waals surface area contributed by atoms with E-state index in [0.717, 1.165) is 32.5 Å². The van der Waals surface area contributed by atoms with Gasteiger partial charge in [-0.25, -0.2) is 0 Å². The lowest BCUT2D eigenvalue weighted by molar-refractivity contribution is -0.131. The van der Waals surface area contributed by atoms with Crippen molar-refractivity contribution in [2.24, 2.45) is 11.8 Å². The molecule has 1 aromatic carbocycles. The number of hydrogen-bond donors (Lipinski definition) is 4. The molecule has 3 atom stereocenters. The van der Waals surface area contributed by atoms with Crippen molar-refractivity contribution in [3.8, 4) is 5.75 Å². The molecule has 0 spiro atoms. The molecule has 1 aromatic rings. The third kappa shape index (κ3) is 10.6. The van der Waals surface area contributed by atoms with E-state index in [4.69, 9.17) is 4.74 Å². The van der Waals surface area contributed by atoms with Crippen LogP contribution in [0.1, 0.15) is 83.0 Å². The van der Waals surface area contributed by atoms with Gasteiger partial charge in [0.2, 0.25) is 17.7 Å². The van der Waals surface area contributed by atoms with Crippen LogP contribution in [-0.2, 0) is 14.4 Å². The number of nitrogens with zero attached hydrogens (tertiary/aromatic N) is 1. The summed E-state index contributed by atoms with van der Waals surface area (Å²) in [6.07, 6.45) is 5.07. The Morgan fingerprint density at radius 1 is 1.02 bits per heavy atom. The standard InChI is InChI=1S/C31H49N5O5/c1-21(2)19-23-20-41-26-12-6-5-11-24(26)29(38)34-25(13-14-27(37)35-28(22(3)4)31(40)33-23)30(39)32-15-7-8-16-36-17-9-10-18-36/h5-6,11-12,21-23,25,28H,7-10,13-20H2,1-4H3,(H,32,39)(H,33,40)(H,34,38)(H,35,37)/t23-,25+,28+/m1/s1. The molecule has 2 aliphatic rings. The molecule has 1 saturated heterocycles. The highest BCUT2D eigenvalue weighted by atomic mass is 16.5. The van der Waals surface area contributed by atoms with Gasteiger partial charge in [0.15, 0.2) is 0 Å². The molecule has 0 aliphatic carbocycles. The van der Waals surface area contributed by atoms with Crippen molar-refractivity contribution < 1.29 is 23.9 Å². The Labute approximate surface area is 244 Å². The minimum absolute atomic E-state index is 0.0165. The Morgan fingerprint density at radius 3 is 2.46 bits per heavy atom. The van der Waals surface area contributed by atoms with Crippen LogP contribution in [0.15, 0.2) is 24.3 Å². The zero-order chi connectivity index (χ0) is 29.8. The van der Waals surface area contributed by atoms with E-state index in [1.807, 2.05) is 13.8 Å². The molecule has 1 fully saturated rings. The number of para-hydroxylation sites is 1. The number of likely N-dealkylation sites (tertiary alicyclic amines) is 1. The monoisotopic (exact) mass is 571 g/mol. The highest BCUT2D eigenvalue weighted by Crippen LogP contribution is 2.20. The van der Waals surface area contributed by atoms with Crippen LogP contribution in [0, 0.1) is 11.8 Å². The van der Waals surface area contributed by atoms with Crippen LogP contribution in [0.5, 0.6) is 5.75 Å². The molecule has 0 unspecified atom stereocenters. The second-order valence-corrected chi connectivity index (χ2v) is 12.0. The fourth-order valence-corrected chi connectivity index (χ4v) is 5.36. The summed E-state index contributed by atoms with van der Waals surface area (Å²) in [6, 6.07) is 4.91. The van der Waals surface area contributed by atoms with Gasteiger partial charge in [0, 0.05) is 13.0 Å². The zero-order valence-corrected chi connectivity index (χ0v) is 25.2. The Bertz CT molecular complexity index is 1020.